The second-order valence-corrected chi connectivity index (χ2v) is 8.24. The average Bonchev–Trinajstić information content (AvgIpc) is 3.29. The standard InChI is InChI=1S/C24H22N6O2S/c1-16-9-8-14-21(17(16)2)30-24(27-28-29-30)33-15-22(31)26-20-13-7-6-12-19(20)23(32)25-18-10-4-3-5-11-18/h3-14H,15H2,1-2H3,(H,25,32)(H,26,31). The molecule has 0 spiro atoms. The van der Waals surface area contributed by atoms with Crippen LogP contribution in [0.4, 0.5) is 11.4 Å². The Balaban J connectivity index is 1.43. The number of nitrogens with one attached hydrogen (secondary N) is 2. The molecule has 3 aromatic carbocycles. The van der Waals surface area contributed by atoms with Crippen LogP contribution >= 0.6 is 11.8 Å². The minimum atomic E-state index is -0.302. The molecular weight excluding hydrogens is 436 g/mol. The van der Waals surface area contributed by atoms with Gasteiger partial charge in [0.05, 0.1) is 22.7 Å². The van der Waals surface area contributed by atoms with Crippen LogP contribution in [-0.2, 0) is 4.79 Å². The first-order valence-corrected chi connectivity index (χ1v) is 11.2. The quantitative estimate of drug-likeness (QED) is 0.401. The van der Waals surface area contributed by atoms with Gasteiger partial charge in [-0.3, -0.25) is 9.59 Å². The number of para-hydroxylation sites is 2. The Kier molecular flexibility index (Phi) is 6.80. The number of hydrogen-bond donors (Lipinski definition) is 2. The number of amides is 2. The Morgan fingerprint density at radius 2 is 1.67 bits per heavy atom. The summed E-state index contributed by atoms with van der Waals surface area (Å²) in [4.78, 5) is 25.4. The Bertz CT molecular complexity index is 1290. The lowest BCUT2D eigenvalue weighted by atomic mass is 10.1. The number of carbonyl (C=O) groups is 2. The number of carbonyl (C=O) groups excluding carboxylic acids is 2. The fourth-order valence-corrected chi connectivity index (χ4v) is 3.90. The highest BCUT2D eigenvalue weighted by molar-refractivity contribution is 7.99. The average molecular weight is 459 g/mol. The van der Waals surface area contributed by atoms with Crippen LogP contribution in [0.25, 0.3) is 5.69 Å². The van der Waals surface area contributed by atoms with Crippen molar-refractivity contribution in [2.24, 2.45) is 0 Å². The molecule has 4 aromatic rings. The largest absolute Gasteiger partial charge is 0.325 e. The van der Waals surface area contributed by atoms with Crippen molar-refractivity contribution in [3.05, 3.63) is 89.5 Å². The SMILES string of the molecule is Cc1cccc(-n2nnnc2SCC(=O)Nc2ccccc2C(=O)Nc2ccccc2)c1C. The number of hydrogen-bond acceptors (Lipinski definition) is 6. The maximum absolute atomic E-state index is 12.7. The molecule has 4 rings (SSSR count). The normalized spacial score (nSPS) is 10.6. The Morgan fingerprint density at radius 1 is 0.909 bits per heavy atom. The number of aryl methyl sites for hydroxylation is 1. The predicted octanol–water partition coefficient (Wildman–Crippen LogP) is 4.26. The maximum atomic E-state index is 12.7. The molecule has 33 heavy (non-hydrogen) atoms. The second-order valence-electron chi connectivity index (χ2n) is 7.29. The van der Waals surface area contributed by atoms with Crippen LogP contribution in [0.15, 0.2) is 78.0 Å². The third-order valence-corrected chi connectivity index (χ3v) is 5.97. The van der Waals surface area contributed by atoms with Crippen LogP contribution in [0.2, 0.25) is 0 Å². The lowest BCUT2D eigenvalue weighted by molar-refractivity contribution is -0.113. The van der Waals surface area contributed by atoms with Crippen molar-refractivity contribution in [3.63, 3.8) is 0 Å². The molecule has 2 amide bonds. The fraction of sp³-hybridized carbons (Fsp3) is 0.125. The van der Waals surface area contributed by atoms with Gasteiger partial charge in [-0.2, -0.15) is 4.68 Å². The molecule has 8 nitrogen and oxygen atoms in total. The van der Waals surface area contributed by atoms with Crippen LogP contribution in [0.5, 0.6) is 0 Å². The van der Waals surface area contributed by atoms with Crippen LogP contribution in [0.1, 0.15) is 21.5 Å². The van der Waals surface area contributed by atoms with Crippen molar-refractivity contribution < 1.29 is 9.59 Å². The van der Waals surface area contributed by atoms with Crippen molar-refractivity contribution in [2.75, 3.05) is 16.4 Å². The van der Waals surface area contributed by atoms with E-state index in [2.05, 4.69) is 26.2 Å². The van der Waals surface area contributed by atoms with Crippen molar-refractivity contribution in [1.29, 1.82) is 0 Å². The Labute approximate surface area is 195 Å². The lowest BCUT2D eigenvalue weighted by Crippen LogP contribution is -2.19. The van der Waals surface area contributed by atoms with Gasteiger partial charge in [-0.1, -0.05) is 54.2 Å². The van der Waals surface area contributed by atoms with Gasteiger partial charge in [0, 0.05) is 5.69 Å². The predicted molar refractivity (Wildman–Crippen MR) is 129 cm³/mol. The van der Waals surface area contributed by atoms with E-state index in [-0.39, 0.29) is 17.6 Å². The zero-order chi connectivity index (χ0) is 23.2. The molecule has 0 aliphatic heterocycles. The van der Waals surface area contributed by atoms with Gasteiger partial charge in [-0.05, 0) is 65.7 Å². The smallest absolute Gasteiger partial charge is 0.257 e. The van der Waals surface area contributed by atoms with E-state index >= 15 is 0 Å². The molecular formula is C24H22N6O2S. The summed E-state index contributed by atoms with van der Waals surface area (Å²) < 4.78 is 1.63. The van der Waals surface area contributed by atoms with E-state index in [1.165, 1.54) is 11.8 Å². The Hall–Kier alpha value is -3.98. The van der Waals surface area contributed by atoms with E-state index in [0.717, 1.165) is 16.8 Å². The first kappa shape index (κ1) is 22.2. The molecule has 1 heterocycles. The molecule has 0 aliphatic carbocycles. The highest BCUT2D eigenvalue weighted by Gasteiger charge is 2.16. The van der Waals surface area contributed by atoms with Crippen molar-refractivity contribution in [3.8, 4) is 5.69 Å². The molecule has 0 unspecified atom stereocenters. The fourth-order valence-electron chi connectivity index (χ4n) is 3.21. The molecule has 0 bridgehead atoms. The van der Waals surface area contributed by atoms with Crippen molar-refractivity contribution in [1.82, 2.24) is 20.2 Å². The van der Waals surface area contributed by atoms with Gasteiger partial charge in [-0.15, -0.1) is 5.10 Å². The summed E-state index contributed by atoms with van der Waals surface area (Å²) in [5, 5.41) is 18.1. The third kappa shape index (κ3) is 5.27. The molecule has 0 atom stereocenters. The van der Waals surface area contributed by atoms with E-state index in [9.17, 15) is 9.59 Å². The van der Waals surface area contributed by atoms with E-state index in [1.54, 1.807) is 41.1 Å². The summed E-state index contributed by atoms with van der Waals surface area (Å²) in [6, 6.07) is 21.9. The number of tetrazole rings is 1. The van der Waals surface area contributed by atoms with E-state index in [4.69, 9.17) is 0 Å². The minimum Gasteiger partial charge on any atom is -0.325 e. The topological polar surface area (TPSA) is 102 Å². The number of benzene rings is 3. The first-order chi connectivity index (χ1) is 16.0. The molecule has 0 fully saturated rings. The van der Waals surface area contributed by atoms with Crippen molar-refractivity contribution >= 4 is 35.0 Å². The van der Waals surface area contributed by atoms with Gasteiger partial charge in [0.1, 0.15) is 0 Å². The number of anilines is 2. The summed E-state index contributed by atoms with van der Waals surface area (Å²) in [6.07, 6.45) is 0. The molecule has 166 valence electrons. The highest BCUT2D eigenvalue weighted by atomic mass is 32.2. The zero-order valence-corrected chi connectivity index (χ0v) is 19.0. The van der Waals surface area contributed by atoms with Gasteiger partial charge in [-0.25, -0.2) is 0 Å². The van der Waals surface area contributed by atoms with Crippen LogP contribution < -0.4 is 10.6 Å². The van der Waals surface area contributed by atoms with Gasteiger partial charge >= 0.3 is 0 Å². The number of thioether (sulfide) groups is 1. The second kappa shape index (κ2) is 10.1. The maximum Gasteiger partial charge on any atom is 0.257 e. The number of aromatic nitrogens is 4. The molecule has 0 saturated carbocycles. The zero-order valence-electron chi connectivity index (χ0n) is 18.1. The first-order valence-electron chi connectivity index (χ1n) is 10.3. The van der Waals surface area contributed by atoms with Crippen molar-refractivity contribution in [2.45, 2.75) is 19.0 Å². The molecule has 1 aromatic heterocycles. The molecule has 2 N–H and O–H groups in total. The Morgan fingerprint density at radius 3 is 2.48 bits per heavy atom. The summed E-state index contributed by atoms with van der Waals surface area (Å²) in [5.41, 5.74) is 4.55. The van der Waals surface area contributed by atoms with Gasteiger partial charge in [0.15, 0.2) is 0 Å². The summed E-state index contributed by atoms with van der Waals surface area (Å²) >= 11 is 1.22. The molecule has 0 aliphatic rings. The molecule has 9 heteroatoms. The number of rotatable bonds is 7. The monoisotopic (exact) mass is 458 g/mol. The minimum absolute atomic E-state index is 0.0832. The van der Waals surface area contributed by atoms with Gasteiger partial charge < -0.3 is 10.6 Å². The van der Waals surface area contributed by atoms with Gasteiger partial charge in [0.25, 0.3) is 5.91 Å². The van der Waals surface area contributed by atoms with Crippen LogP contribution in [0.3, 0.4) is 0 Å². The summed E-state index contributed by atoms with van der Waals surface area (Å²) in [7, 11) is 0. The number of nitrogens with zero attached hydrogens (tertiary/aromatic N) is 4. The molecule has 0 radical (unpaired) electrons. The van der Waals surface area contributed by atoms with E-state index in [0.29, 0.717) is 22.1 Å². The van der Waals surface area contributed by atoms with E-state index < -0.39 is 0 Å². The third-order valence-electron chi connectivity index (χ3n) is 5.05. The van der Waals surface area contributed by atoms with E-state index in [1.807, 2.05) is 50.2 Å². The van der Waals surface area contributed by atoms with Crippen LogP contribution in [0, 0.1) is 13.8 Å². The summed E-state index contributed by atoms with van der Waals surface area (Å²) in [5.74, 6) is -0.487. The van der Waals surface area contributed by atoms with Gasteiger partial charge in [0.2, 0.25) is 11.1 Å². The summed E-state index contributed by atoms with van der Waals surface area (Å²) in [6.45, 7) is 4.03. The highest BCUT2D eigenvalue weighted by Crippen LogP contribution is 2.23. The molecule has 0 saturated heterocycles. The lowest BCUT2D eigenvalue weighted by Gasteiger charge is -2.12. The van der Waals surface area contributed by atoms with Crippen LogP contribution in [-0.4, -0.2) is 37.8 Å².